The van der Waals surface area contributed by atoms with Gasteiger partial charge in [0.1, 0.15) is 0 Å². The molecule has 0 spiro atoms. The fourth-order valence-electron chi connectivity index (χ4n) is 2.67. The Hall–Kier alpha value is -0.960. The molecule has 1 fully saturated rings. The van der Waals surface area contributed by atoms with Crippen molar-refractivity contribution in [3.63, 3.8) is 0 Å². The van der Waals surface area contributed by atoms with E-state index in [2.05, 4.69) is 0 Å². The van der Waals surface area contributed by atoms with Gasteiger partial charge in [0.05, 0.1) is 9.79 Å². The summed E-state index contributed by atoms with van der Waals surface area (Å²) in [6.45, 7) is 4.51. The Morgan fingerprint density at radius 2 is 1.62 bits per heavy atom. The van der Waals surface area contributed by atoms with E-state index in [1.165, 1.54) is 28.6 Å². The van der Waals surface area contributed by atoms with Crippen LogP contribution in [-0.4, -0.2) is 33.7 Å². The molecule has 0 bridgehead atoms. The van der Waals surface area contributed by atoms with Gasteiger partial charge in [-0.3, -0.25) is 0 Å². The topological polar surface area (TPSA) is 97.5 Å². The summed E-state index contributed by atoms with van der Waals surface area (Å²) >= 11 is 0. The second-order valence-corrected chi connectivity index (χ2v) is 9.04. The van der Waals surface area contributed by atoms with Gasteiger partial charge in [-0.15, -0.1) is 0 Å². The minimum Gasteiger partial charge on any atom is -0.225 e. The lowest BCUT2D eigenvalue weighted by atomic mass is 10.0. The summed E-state index contributed by atoms with van der Waals surface area (Å²) in [6, 6.07) is 5.04. The molecule has 2 rings (SSSR count). The second-order valence-electron chi connectivity index (χ2n) is 5.59. The Balaban J connectivity index is 2.36. The highest BCUT2D eigenvalue weighted by molar-refractivity contribution is 7.89. The van der Waals surface area contributed by atoms with Crippen molar-refractivity contribution in [1.82, 2.24) is 4.31 Å². The number of nitrogens with zero attached hydrogens (tertiary/aromatic N) is 1. The second kappa shape index (κ2) is 5.68. The van der Waals surface area contributed by atoms with Gasteiger partial charge in [-0.2, -0.15) is 4.31 Å². The Morgan fingerprint density at radius 3 is 2.10 bits per heavy atom. The van der Waals surface area contributed by atoms with E-state index in [1.807, 2.05) is 13.8 Å². The van der Waals surface area contributed by atoms with Crippen LogP contribution in [0, 0.1) is 5.92 Å². The molecule has 1 unspecified atom stereocenters. The van der Waals surface area contributed by atoms with Crippen LogP contribution >= 0.6 is 0 Å². The van der Waals surface area contributed by atoms with Crippen LogP contribution in [0.15, 0.2) is 34.1 Å². The van der Waals surface area contributed by atoms with Crippen LogP contribution in [0.4, 0.5) is 0 Å². The van der Waals surface area contributed by atoms with Crippen molar-refractivity contribution in [3.8, 4) is 0 Å². The van der Waals surface area contributed by atoms with Gasteiger partial charge in [-0.05, 0) is 43.0 Å². The van der Waals surface area contributed by atoms with Crippen LogP contribution in [0.25, 0.3) is 0 Å². The van der Waals surface area contributed by atoms with Gasteiger partial charge in [0.25, 0.3) is 0 Å². The molecule has 8 heteroatoms. The van der Waals surface area contributed by atoms with Crippen molar-refractivity contribution in [2.75, 3.05) is 6.54 Å². The summed E-state index contributed by atoms with van der Waals surface area (Å²) in [6.07, 6.45) is 1.70. The number of rotatable bonds is 4. The molecule has 0 saturated carbocycles. The summed E-state index contributed by atoms with van der Waals surface area (Å²) < 4.78 is 49.2. The van der Waals surface area contributed by atoms with Crippen LogP contribution in [0.2, 0.25) is 0 Å². The molecule has 0 aliphatic carbocycles. The largest absolute Gasteiger partial charge is 0.243 e. The zero-order valence-corrected chi connectivity index (χ0v) is 13.7. The van der Waals surface area contributed by atoms with E-state index in [9.17, 15) is 16.8 Å². The fourth-order valence-corrected chi connectivity index (χ4v) is 5.01. The molecule has 2 N–H and O–H groups in total. The molecule has 1 aromatic rings. The minimum atomic E-state index is -3.82. The van der Waals surface area contributed by atoms with E-state index in [4.69, 9.17) is 5.14 Å². The maximum atomic E-state index is 12.7. The Morgan fingerprint density at radius 1 is 1.10 bits per heavy atom. The first-order chi connectivity index (χ1) is 9.64. The molecule has 21 heavy (non-hydrogen) atoms. The van der Waals surface area contributed by atoms with Crippen molar-refractivity contribution >= 4 is 20.0 Å². The maximum absolute atomic E-state index is 12.7. The first kappa shape index (κ1) is 16.4. The first-order valence-electron chi connectivity index (χ1n) is 6.79. The van der Waals surface area contributed by atoms with E-state index in [1.54, 1.807) is 0 Å². The van der Waals surface area contributed by atoms with Crippen molar-refractivity contribution in [2.45, 2.75) is 42.5 Å². The quantitative estimate of drug-likeness (QED) is 0.894. The molecule has 1 atom stereocenters. The summed E-state index contributed by atoms with van der Waals surface area (Å²) in [5.74, 6) is 0.242. The highest BCUT2D eigenvalue weighted by atomic mass is 32.2. The molecule has 0 amide bonds. The van der Waals surface area contributed by atoms with E-state index < -0.39 is 20.0 Å². The van der Waals surface area contributed by atoms with Gasteiger partial charge < -0.3 is 0 Å². The third-order valence-electron chi connectivity index (χ3n) is 3.78. The molecule has 1 saturated heterocycles. The zero-order valence-electron chi connectivity index (χ0n) is 12.1. The molecule has 1 aromatic carbocycles. The zero-order chi connectivity index (χ0) is 15.8. The SMILES string of the molecule is CC(C)C1CCCN1S(=O)(=O)c1ccc(S(N)(=O)=O)cc1. The van der Waals surface area contributed by atoms with Crippen LogP contribution in [0.3, 0.4) is 0 Å². The number of sulfonamides is 2. The van der Waals surface area contributed by atoms with Crippen molar-refractivity contribution < 1.29 is 16.8 Å². The molecule has 1 heterocycles. The Kier molecular flexibility index (Phi) is 4.44. The predicted molar refractivity (Wildman–Crippen MR) is 79.6 cm³/mol. The number of nitrogens with two attached hydrogens (primary N) is 1. The van der Waals surface area contributed by atoms with Gasteiger partial charge >= 0.3 is 0 Å². The van der Waals surface area contributed by atoms with Gasteiger partial charge in [-0.1, -0.05) is 13.8 Å². The predicted octanol–water partition coefficient (Wildman–Crippen LogP) is 1.14. The first-order valence-corrected chi connectivity index (χ1v) is 9.77. The van der Waals surface area contributed by atoms with Gasteiger partial charge in [0.2, 0.25) is 20.0 Å². The highest BCUT2D eigenvalue weighted by Gasteiger charge is 2.36. The third-order valence-corrected chi connectivity index (χ3v) is 6.64. The monoisotopic (exact) mass is 332 g/mol. The van der Waals surface area contributed by atoms with Crippen molar-refractivity contribution in [3.05, 3.63) is 24.3 Å². The normalized spacial score (nSPS) is 21.0. The molecule has 0 aromatic heterocycles. The number of benzene rings is 1. The van der Waals surface area contributed by atoms with E-state index in [0.717, 1.165) is 12.8 Å². The van der Waals surface area contributed by atoms with Crippen LogP contribution in [0.5, 0.6) is 0 Å². The lowest BCUT2D eigenvalue weighted by Crippen LogP contribution is -2.38. The van der Waals surface area contributed by atoms with Crippen LogP contribution in [0.1, 0.15) is 26.7 Å². The molecular formula is C13H20N2O4S2. The molecule has 0 radical (unpaired) electrons. The number of hydrogen-bond donors (Lipinski definition) is 1. The van der Waals surface area contributed by atoms with Crippen molar-refractivity contribution in [1.29, 1.82) is 0 Å². The van der Waals surface area contributed by atoms with Gasteiger partial charge in [0, 0.05) is 12.6 Å². The third kappa shape index (κ3) is 3.28. The molecule has 1 aliphatic rings. The number of hydrogen-bond acceptors (Lipinski definition) is 4. The van der Waals surface area contributed by atoms with Crippen LogP contribution in [-0.2, 0) is 20.0 Å². The minimum absolute atomic E-state index is 0.00656. The van der Waals surface area contributed by atoms with E-state index in [0.29, 0.717) is 6.54 Å². The van der Waals surface area contributed by atoms with E-state index in [-0.39, 0.29) is 21.8 Å². The smallest absolute Gasteiger partial charge is 0.225 e. The lowest BCUT2D eigenvalue weighted by Gasteiger charge is -2.26. The van der Waals surface area contributed by atoms with Crippen LogP contribution < -0.4 is 5.14 Å². The standard InChI is InChI=1S/C13H20N2O4S2/c1-10(2)13-4-3-9-15(13)21(18,19)12-7-5-11(6-8-12)20(14,16)17/h5-8,10,13H,3-4,9H2,1-2H3,(H2,14,16,17). The number of primary sulfonamides is 1. The van der Waals surface area contributed by atoms with Gasteiger partial charge in [-0.25, -0.2) is 22.0 Å². The Labute approximate surface area is 126 Å². The van der Waals surface area contributed by atoms with Gasteiger partial charge in [0.15, 0.2) is 0 Å². The molecule has 6 nitrogen and oxygen atoms in total. The lowest BCUT2D eigenvalue weighted by molar-refractivity contribution is 0.316. The average molecular weight is 332 g/mol. The fraction of sp³-hybridized carbons (Fsp3) is 0.538. The van der Waals surface area contributed by atoms with E-state index >= 15 is 0 Å². The average Bonchev–Trinajstić information content (AvgIpc) is 2.88. The Bertz CT molecular complexity index is 709. The van der Waals surface area contributed by atoms with Crippen molar-refractivity contribution in [2.24, 2.45) is 11.1 Å². The summed E-state index contributed by atoms with van der Waals surface area (Å²) in [7, 11) is -7.41. The molecule has 1 aliphatic heterocycles. The molecular weight excluding hydrogens is 312 g/mol. The summed E-state index contributed by atoms with van der Waals surface area (Å²) in [4.78, 5) is 0.00531. The maximum Gasteiger partial charge on any atom is 0.243 e. The summed E-state index contributed by atoms with van der Waals surface area (Å²) in [5.41, 5.74) is 0. The highest BCUT2D eigenvalue weighted by Crippen LogP contribution is 2.30. The molecule has 118 valence electrons. The summed E-state index contributed by atoms with van der Waals surface area (Å²) in [5, 5.41) is 5.01.